The molecule has 1 N–H and O–H groups in total. The van der Waals surface area contributed by atoms with Gasteiger partial charge in [-0.05, 0) is 11.1 Å². The predicted molar refractivity (Wildman–Crippen MR) is 120 cm³/mol. The quantitative estimate of drug-likeness (QED) is 0.550. The van der Waals surface area contributed by atoms with E-state index in [0.29, 0.717) is 35.3 Å². The summed E-state index contributed by atoms with van der Waals surface area (Å²) in [5.74, 6) is -0.765. The number of methoxy groups -OCH3 is 2. The zero-order valence-corrected chi connectivity index (χ0v) is 18.1. The highest BCUT2D eigenvalue weighted by Crippen LogP contribution is 2.35. The molecule has 3 rings (SSSR count). The van der Waals surface area contributed by atoms with Gasteiger partial charge in [-0.3, -0.25) is 9.59 Å². The third kappa shape index (κ3) is 5.77. The van der Waals surface area contributed by atoms with Gasteiger partial charge in [0.05, 0.1) is 24.9 Å². The van der Waals surface area contributed by atoms with Crippen molar-refractivity contribution in [3.63, 3.8) is 0 Å². The fourth-order valence-electron chi connectivity index (χ4n) is 3.08. The minimum atomic E-state index is -0.783. The Morgan fingerprint density at radius 3 is 1.84 bits per heavy atom. The largest absolute Gasteiger partial charge is 0.495 e. The molecule has 2 amide bonds. The molecule has 3 aromatic carbocycles. The highest BCUT2D eigenvalue weighted by Gasteiger charge is 2.24. The number of carbonyl (C=O) groups is 2. The Kier molecular flexibility index (Phi) is 7.51. The molecule has 0 aliphatic rings. The molecule has 0 fully saturated rings. The van der Waals surface area contributed by atoms with Crippen molar-refractivity contribution in [1.82, 2.24) is 4.90 Å². The van der Waals surface area contributed by atoms with Crippen LogP contribution in [0.25, 0.3) is 0 Å². The van der Waals surface area contributed by atoms with Crippen molar-refractivity contribution < 1.29 is 19.1 Å². The summed E-state index contributed by atoms with van der Waals surface area (Å²) in [5.41, 5.74) is 2.14. The molecule has 0 aliphatic carbocycles. The van der Waals surface area contributed by atoms with Gasteiger partial charge in [0.15, 0.2) is 0 Å². The van der Waals surface area contributed by atoms with Crippen LogP contribution in [0.15, 0.2) is 72.8 Å². The molecule has 7 heteroatoms. The third-order valence-corrected chi connectivity index (χ3v) is 4.93. The van der Waals surface area contributed by atoms with Gasteiger partial charge in [0.1, 0.15) is 11.5 Å². The topological polar surface area (TPSA) is 67.9 Å². The summed E-state index contributed by atoms with van der Waals surface area (Å²) in [4.78, 5) is 27.4. The zero-order chi connectivity index (χ0) is 22.2. The van der Waals surface area contributed by atoms with E-state index >= 15 is 0 Å². The van der Waals surface area contributed by atoms with Gasteiger partial charge in [-0.15, -0.1) is 0 Å². The van der Waals surface area contributed by atoms with Gasteiger partial charge in [-0.2, -0.15) is 0 Å². The molecule has 31 heavy (non-hydrogen) atoms. The van der Waals surface area contributed by atoms with Crippen molar-refractivity contribution in [3.8, 4) is 11.5 Å². The zero-order valence-electron chi connectivity index (χ0n) is 17.3. The fourth-order valence-corrected chi connectivity index (χ4v) is 3.32. The smallest absolute Gasteiger partial charge is 0.314 e. The average Bonchev–Trinajstić information content (AvgIpc) is 2.80. The van der Waals surface area contributed by atoms with E-state index in [1.54, 1.807) is 0 Å². The van der Waals surface area contributed by atoms with Crippen LogP contribution < -0.4 is 14.8 Å². The molecule has 0 aromatic heterocycles. The molecule has 0 saturated heterocycles. The van der Waals surface area contributed by atoms with Gasteiger partial charge >= 0.3 is 11.8 Å². The van der Waals surface area contributed by atoms with Gasteiger partial charge < -0.3 is 19.7 Å². The van der Waals surface area contributed by atoms with E-state index in [-0.39, 0.29) is 0 Å². The van der Waals surface area contributed by atoms with Crippen LogP contribution in [0.4, 0.5) is 5.69 Å². The van der Waals surface area contributed by atoms with E-state index in [1.165, 1.54) is 31.3 Å². The highest BCUT2D eigenvalue weighted by atomic mass is 35.5. The van der Waals surface area contributed by atoms with Crippen molar-refractivity contribution in [2.24, 2.45) is 0 Å². The molecule has 160 valence electrons. The Morgan fingerprint density at radius 2 is 1.35 bits per heavy atom. The van der Waals surface area contributed by atoms with Crippen molar-refractivity contribution in [2.75, 3.05) is 19.5 Å². The summed E-state index contributed by atoms with van der Waals surface area (Å²) < 4.78 is 10.5. The Labute approximate surface area is 186 Å². The predicted octanol–water partition coefficient (Wildman–Crippen LogP) is 4.52. The summed E-state index contributed by atoms with van der Waals surface area (Å²) in [5, 5.41) is 2.95. The molecule has 0 saturated carbocycles. The number of amides is 2. The molecule has 0 unspecified atom stereocenters. The number of anilines is 1. The molecule has 0 radical (unpaired) electrons. The summed E-state index contributed by atoms with van der Waals surface area (Å²) in [6, 6.07) is 22.1. The Morgan fingerprint density at radius 1 is 0.839 bits per heavy atom. The van der Waals surface area contributed by atoms with Crippen LogP contribution in [-0.2, 0) is 22.7 Å². The number of hydrogen-bond donors (Lipinski definition) is 1. The van der Waals surface area contributed by atoms with E-state index in [0.717, 1.165) is 11.1 Å². The van der Waals surface area contributed by atoms with Gasteiger partial charge in [0, 0.05) is 25.2 Å². The summed E-state index contributed by atoms with van der Waals surface area (Å²) in [6.07, 6.45) is 0. The molecular weight excluding hydrogens is 416 g/mol. The number of hydrogen-bond acceptors (Lipinski definition) is 4. The van der Waals surface area contributed by atoms with Crippen LogP contribution in [0, 0.1) is 0 Å². The Hall–Kier alpha value is -3.51. The van der Waals surface area contributed by atoms with Gasteiger partial charge in [0.2, 0.25) is 0 Å². The standard InChI is InChI=1S/C24H23ClN2O4/c1-30-21-14-20(22(31-2)13-19(21)25)26-23(28)24(29)27(15-17-9-5-3-6-10-17)16-18-11-7-4-8-12-18/h3-14H,15-16H2,1-2H3,(H,26,28). The molecule has 0 atom stereocenters. The number of carbonyl (C=O) groups excluding carboxylic acids is 2. The van der Waals surface area contributed by atoms with Crippen LogP contribution in [0.5, 0.6) is 11.5 Å². The van der Waals surface area contributed by atoms with Crippen molar-refractivity contribution in [3.05, 3.63) is 88.9 Å². The van der Waals surface area contributed by atoms with Crippen molar-refractivity contribution in [2.45, 2.75) is 13.1 Å². The number of rotatable bonds is 7. The van der Waals surface area contributed by atoms with Crippen LogP contribution in [0.1, 0.15) is 11.1 Å². The normalized spacial score (nSPS) is 10.3. The Balaban J connectivity index is 1.84. The molecule has 3 aromatic rings. The van der Waals surface area contributed by atoms with E-state index in [2.05, 4.69) is 5.32 Å². The van der Waals surface area contributed by atoms with E-state index in [4.69, 9.17) is 21.1 Å². The second-order valence-corrected chi connectivity index (χ2v) is 7.18. The molecule has 0 spiro atoms. The lowest BCUT2D eigenvalue weighted by Crippen LogP contribution is -2.39. The van der Waals surface area contributed by atoms with Gasteiger partial charge in [0.25, 0.3) is 0 Å². The lowest BCUT2D eigenvalue weighted by atomic mass is 10.1. The second-order valence-electron chi connectivity index (χ2n) is 6.77. The molecule has 0 heterocycles. The monoisotopic (exact) mass is 438 g/mol. The number of nitrogens with zero attached hydrogens (tertiary/aromatic N) is 1. The number of nitrogens with one attached hydrogen (secondary N) is 1. The van der Waals surface area contributed by atoms with E-state index in [1.807, 2.05) is 60.7 Å². The lowest BCUT2D eigenvalue weighted by molar-refractivity contribution is -0.144. The first-order chi connectivity index (χ1) is 15.0. The minimum absolute atomic E-state index is 0.293. The first kappa shape index (κ1) is 22.2. The van der Waals surface area contributed by atoms with Gasteiger partial charge in [-0.25, -0.2) is 0 Å². The average molecular weight is 439 g/mol. The third-order valence-electron chi connectivity index (χ3n) is 4.64. The number of halogens is 1. The Bertz CT molecular complexity index is 1000. The molecule has 0 bridgehead atoms. The molecule has 6 nitrogen and oxygen atoms in total. The maximum atomic E-state index is 13.1. The first-order valence-corrected chi connectivity index (χ1v) is 9.99. The number of ether oxygens (including phenoxy) is 2. The number of benzene rings is 3. The van der Waals surface area contributed by atoms with E-state index in [9.17, 15) is 9.59 Å². The summed E-state index contributed by atoms with van der Waals surface area (Å²) >= 11 is 6.12. The van der Waals surface area contributed by atoms with Crippen LogP contribution in [0.3, 0.4) is 0 Å². The van der Waals surface area contributed by atoms with Crippen molar-refractivity contribution in [1.29, 1.82) is 0 Å². The molecular formula is C24H23ClN2O4. The first-order valence-electron chi connectivity index (χ1n) is 9.61. The van der Waals surface area contributed by atoms with Crippen LogP contribution >= 0.6 is 11.6 Å². The maximum absolute atomic E-state index is 13.1. The highest BCUT2D eigenvalue weighted by molar-refractivity contribution is 6.39. The van der Waals surface area contributed by atoms with Gasteiger partial charge in [-0.1, -0.05) is 72.3 Å². The molecule has 0 aliphatic heterocycles. The van der Waals surface area contributed by atoms with Crippen LogP contribution in [0.2, 0.25) is 5.02 Å². The maximum Gasteiger partial charge on any atom is 0.314 e. The summed E-state index contributed by atoms with van der Waals surface area (Å²) in [7, 11) is 2.92. The van der Waals surface area contributed by atoms with E-state index < -0.39 is 11.8 Å². The summed E-state index contributed by atoms with van der Waals surface area (Å²) in [6.45, 7) is 0.589. The second kappa shape index (κ2) is 10.5. The van der Waals surface area contributed by atoms with Crippen molar-refractivity contribution >= 4 is 29.1 Å². The fraction of sp³-hybridized carbons (Fsp3) is 0.167. The lowest BCUT2D eigenvalue weighted by Gasteiger charge is -2.23. The van der Waals surface area contributed by atoms with Crippen LogP contribution in [-0.4, -0.2) is 30.9 Å². The SMILES string of the molecule is COc1cc(NC(=O)C(=O)N(Cc2ccccc2)Cc2ccccc2)c(OC)cc1Cl. The minimum Gasteiger partial charge on any atom is -0.495 e.